The molecular weight excluding hydrogens is 558 g/mol. The molecule has 44 heavy (non-hydrogen) atoms. The average Bonchev–Trinajstić information content (AvgIpc) is 3.30. The number of rotatable bonds is 9. The highest BCUT2D eigenvalue weighted by atomic mass is 16.5. The molecule has 3 aliphatic heterocycles. The molecule has 10 heteroatoms. The van der Waals surface area contributed by atoms with E-state index in [4.69, 9.17) is 14.2 Å². The van der Waals surface area contributed by atoms with Gasteiger partial charge in [0.05, 0.1) is 30.5 Å². The Bertz CT molecular complexity index is 1400. The molecule has 0 saturated carbocycles. The molecule has 2 fully saturated rings. The second kappa shape index (κ2) is 15.2. The van der Waals surface area contributed by atoms with Crippen LogP contribution in [-0.4, -0.2) is 113 Å². The number of carbonyl (C=O) groups excluding carboxylic acids is 2. The van der Waals surface area contributed by atoms with Gasteiger partial charge in [0.1, 0.15) is 11.5 Å². The maximum atomic E-state index is 13.2. The number of hydrogen-bond donors (Lipinski definition) is 1. The van der Waals surface area contributed by atoms with Gasteiger partial charge in [-0.25, -0.2) is 4.90 Å². The second-order valence-electron chi connectivity index (χ2n) is 11.3. The Hall–Kier alpha value is -3.96. The number of piperazine rings is 2. The molecule has 234 valence electrons. The summed E-state index contributed by atoms with van der Waals surface area (Å²) in [5, 5.41) is 3.27. The smallest absolute Gasteiger partial charge is 0.266 e. The Morgan fingerprint density at radius 3 is 2.11 bits per heavy atom. The minimum absolute atomic E-state index is 0.307. The van der Waals surface area contributed by atoms with Gasteiger partial charge < -0.3 is 34.2 Å². The first-order valence-corrected chi connectivity index (χ1v) is 15.3. The largest absolute Gasteiger partial charge is 0.493 e. The summed E-state index contributed by atoms with van der Waals surface area (Å²) in [6.45, 7) is 10.6. The Balaban J connectivity index is 0.000000484. The van der Waals surface area contributed by atoms with E-state index in [0.717, 1.165) is 57.1 Å². The van der Waals surface area contributed by atoms with Crippen LogP contribution >= 0.6 is 0 Å². The number of benzene rings is 3. The van der Waals surface area contributed by atoms with Gasteiger partial charge in [0.25, 0.3) is 11.8 Å². The molecule has 0 aromatic heterocycles. The molecule has 3 heterocycles. The van der Waals surface area contributed by atoms with Crippen molar-refractivity contribution in [1.82, 2.24) is 20.0 Å². The van der Waals surface area contributed by atoms with E-state index < -0.39 is 5.91 Å². The lowest BCUT2D eigenvalue weighted by Crippen LogP contribution is -2.44. The van der Waals surface area contributed by atoms with Gasteiger partial charge in [-0.05, 0) is 63.0 Å². The van der Waals surface area contributed by atoms with Crippen molar-refractivity contribution >= 4 is 17.5 Å². The Morgan fingerprint density at radius 1 is 0.727 bits per heavy atom. The van der Waals surface area contributed by atoms with Crippen molar-refractivity contribution in [2.45, 2.75) is 6.42 Å². The van der Waals surface area contributed by atoms with Crippen LogP contribution in [0.5, 0.6) is 23.0 Å². The first kappa shape index (κ1) is 31.5. The van der Waals surface area contributed by atoms with E-state index in [1.54, 1.807) is 43.5 Å². The van der Waals surface area contributed by atoms with Crippen LogP contribution in [0.3, 0.4) is 0 Å². The molecule has 3 aromatic rings. The number of fused-ring (bicyclic) bond motifs is 1. The van der Waals surface area contributed by atoms with Gasteiger partial charge in [-0.3, -0.25) is 9.59 Å². The standard InChI is InChI=1S/C29H31N3O5.C5H12N2/c1-30-14-16-31(17-15-30)13-6-18-36-26-12-9-21(19-27(26)35-2)32-28(33)24-11-10-23(20-25(24)29(32)34)37-22-7-4-3-5-8-22;1-7-4-2-6-3-5-7/h3-5,7-12,19-20H,6,13-18H2,1-2H3;6H,2-5H2,1H3. The van der Waals surface area contributed by atoms with Crippen LogP contribution in [0.2, 0.25) is 0 Å². The number of likely N-dealkylation sites (N-methyl/N-ethyl adjacent to an activating group) is 2. The fraction of sp³-hybridized carbons (Fsp3) is 0.412. The molecule has 6 rings (SSSR count). The molecule has 0 spiro atoms. The zero-order valence-corrected chi connectivity index (χ0v) is 26.0. The minimum Gasteiger partial charge on any atom is -0.493 e. The SMILES string of the molecule is CN1CCNCC1.COc1cc(N2C(=O)c3ccc(Oc4ccccc4)cc3C2=O)ccc1OCCCN1CCN(C)CC1. The zero-order chi connectivity index (χ0) is 30.9. The van der Waals surface area contributed by atoms with Crippen LogP contribution in [0.15, 0.2) is 66.7 Å². The Labute approximate surface area is 260 Å². The number of ether oxygens (including phenoxy) is 3. The van der Waals surface area contributed by atoms with Crippen molar-refractivity contribution in [2.75, 3.05) is 91.6 Å². The van der Waals surface area contributed by atoms with Crippen molar-refractivity contribution in [3.63, 3.8) is 0 Å². The van der Waals surface area contributed by atoms with Gasteiger partial charge in [-0.15, -0.1) is 0 Å². The van der Waals surface area contributed by atoms with Crippen molar-refractivity contribution in [1.29, 1.82) is 0 Å². The molecule has 0 bridgehead atoms. The third-order valence-corrected chi connectivity index (χ3v) is 8.06. The minimum atomic E-state index is -0.401. The summed E-state index contributed by atoms with van der Waals surface area (Å²) >= 11 is 0. The Morgan fingerprint density at radius 2 is 1.43 bits per heavy atom. The lowest BCUT2D eigenvalue weighted by Gasteiger charge is -2.32. The molecule has 10 nitrogen and oxygen atoms in total. The van der Waals surface area contributed by atoms with Crippen LogP contribution in [0.25, 0.3) is 0 Å². The van der Waals surface area contributed by atoms with E-state index >= 15 is 0 Å². The average molecular weight is 602 g/mol. The first-order chi connectivity index (χ1) is 21.4. The molecule has 0 unspecified atom stereocenters. The molecule has 3 aromatic carbocycles. The number of hydrogen-bond acceptors (Lipinski definition) is 9. The fourth-order valence-electron chi connectivity index (χ4n) is 5.38. The molecule has 0 radical (unpaired) electrons. The number of nitrogens with one attached hydrogen (secondary N) is 1. The highest BCUT2D eigenvalue weighted by molar-refractivity contribution is 6.34. The maximum Gasteiger partial charge on any atom is 0.266 e. The van der Waals surface area contributed by atoms with Crippen LogP contribution in [-0.2, 0) is 0 Å². The predicted octanol–water partition coefficient (Wildman–Crippen LogP) is 3.83. The monoisotopic (exact) mass is 601 g/mol. The summed E-state index contributed by atoms with van der Waals surface area (Å²) < 4.78 is 17.4. The van der Waals surface area contributed by atoms with Gasteiger partial charge in [-0.1, -0.05) is 18.2 Å². The third-order valence-electron chi connectivity index (χ3n) is 8.06. The predicted molar refractivity (Wildman–Crippen MR) is 172 cm³/mol. The van der Waals surface area contributed by atoms with Crippen LogP contribution < -0.4 is 24.4 Å². The van der Waals surface area contributed by atoms with Crippen molar-refractivity contribution in [3.8, 4) is 23.0 Å². The molecule has 0 atom stereocenters. The van der Waals surface area contributed by atoms with Crippen LogP contribution in [0.4, 0.5) is 5.69 Å². The molecule has 3 aliphatic rings. The van der Waals surface area contributed by atoms with E-state index in [9.17, 15) is 9.59 Å². The molecule has 2 amide bonds. The number of carbonyl (C=O) groups is 2. The normalized spacial score (nSPS) is 17.6. The number of methoxy groups -OCH3 is 1. The van der Waals surface area contributed by atoms with E-state index in [-0.39, 0.29) is 5.91 Å². The van der Waals surface area contributed by atoms with Crippen molar-refractivity contribution in [2.24, 2.45) is 0 Å². The van der Waals surface area contributed by atoms with Gasteiger partial charge in [0, 0.05) is 65.0 Å². The zero-order valence-electron chi connectivity index (χ0n) is 26.0. The van der Waals surface area contributed by atoms with Gasteiger partial charge >= 0.3 is 0 Å². The van der Waals surface area contributed by atoms with Gasteiger partial charge in [-0.2, -0.15) is 0 Å². The topological polar surface area (TPSA) is 86.8 Å². The quantitative estimate of drug-likeness (QED) is 0.291. The number of para-hydroxylation sites is 1. The van der Waals surface area contributed by atoms with Gasteiger partial charge in [0.2, 0.25) is 0 Å². The highest BCUT2D eigenvalue weighted by Gasteiger charge is 2.37. The van der Waals surface area contributed by atoms with Crippen molar-refractivity contribution < 1.29 is 23.8 Å². The maximum absolute atomic E-state index is 13.2. The summed E-state index contributed by atoms with van der Waals surface area (Å²) in [5.74, 6) is 1.42. The summed E-state index contributed by atoms with van der Waals surface area (Å²) in [6, 6.07) is 19.3. The van der Waals surface area contributed by atoms with Crippen LogP contribution in [0, 0.1) is 0 Å². The summed E-state index contributed by atoms with van der Waals surface area (Å²) in [7, 11) is 5.85. The highest BCUT2D eigenvalue weighted by Crippen LogP contribution is 2.37. The molecular formula is C34H43N5O5. The number of nitrogens with zero attached hydrogens (tertiary/aromatic N) is 4. The Kier molecular flexibility index (Phi) is 10.8. The first-order valence-electron chi connectivity index (χ1n) is 15.3. The number of amides is 2. The van der Waals surface area contributed by atoms with Gasteiger partial charge in [0.15, 0.2) is 11.5 Å². The second-order valence-corrected chi connectivity index (χ2v) is 11.3. The van der Waals surface area contributed by atoms with E-state index in [1.807, 2.05) is 30.3 Å². The molecule has 1 N–H and O–H groups in total. The van der Waals surface area contributed by atoms with E-state index in [0.29, 0.717) is 46.4 Å². The summed E-state index contributed by atoms with van der Waals surface area (Å²) in [6.07, 6.45) is 0.903. The van der Waals surface area contributed by atoms with E-state index in [2.05, 4.69) is 34.1 Å². The number of imide groups is 1. The lowest BCUT2D eigenvalue weighted by molar-refractivity contribution is 0.0926. The van der Waals surface area contributed by atoms with Crippen LogP contribution in [0.1, 0.15) is 27.1 Å². The number of anilines is 1. The summed E-state index contributed by atoms with van der Waals surface area (Å²) in [5.41, 5.74) is 1.08. The summed E-state index contributed by atoms with van der Waals surface area (Å²) in [4.78, 5) is 34.7. The molecule has 2 saturated heterocycles. The van der Waals surface area contributed by atoms with E-state index in [1.165, 1.54) is 13.1 Å². The third kappa shape index (κ3) is 7.95. The molecule has 0 aliphatic carbocycles. The van der Waals surface area contributed by atoms with Crippen molar-refractivity contribution in [3.05, 3.63) is 77.9 Å². The fourth-order valence-corrected chi connectivity index (χ4v) is 5.38. The lowest BCUT2D eigenvalue weighted by atomic mass is 10.1.